The zero-order valence-electron chi connectivity index (χ0n) is 18.0. The van der Waals surface area contributed by atoms with Gasteiger partial charge in [0.1, 0.15) is 12.0 Å². The lowest BCUT2D eigenvalue weighted by Crippen LogP contribution is -2.48. The summed E-state index contributed by atoms with van der Waals surface area (Å²) in [6, 6.07) is 10.2. The largest absolute Gasteiger partial charge is 0.391 e. The monoisotopic (exact) mass is 433 g/mol. The highest BCUT2D eigenvalue weighted by Crippen LogP contribution is 2.21. The number of rotatable bonds is 6. The zero-order chi connectivity index (χ0) is 22.1. The van der Waals surface area contributed by atoms with Crippen LogP contribution in [0.2, 0.25) is 0 Å². The van der Waals surface area contributed by atoms with Crippen LogP contribution in [-0.2, 0) is 13.1 Å². The second-order valence-corrected chi connectivity index (χ2v) is 8.51. The zero-order valence-corrected chi connectivity index (χ0v) is 18.0. The van der Waals surface area contributed by atoms with Crippen LogP contribution in [0.25, 0.3) is 16.7 Å². The quantitative estimate of drug-likeness (QED) is 0.363. The third kappa shape index (κ3) is 4.27. The van der Waals surface area contributed by atoms with Gasteiger partial charge in [0.25, 0.3) is 5.56 Å². The van der Waals surface area contributed by atoms with Crippen molar-refractivity contribution in [2.45, 2.75) is 57.5 Å². The Morgan fingerprint density at radius 2 is 2.12 bits per heavy atom. The molecule has 4 aromatic rings. The molecule has 0 amide bonds. The van der Waals surface area contributed by atoms with Crippen LogP contribution >= 0.6 is 0 Å². The Morgan fingerprint density at radius 1 is 1.22 bits per heavy atom. The van der Waals surface area contributed by atoms with E-state index in [0.717, 1.165) is 40.6 Å². The lowest BCUT2D eigenvalue weighted by atomic mass is 9.88. The van der Waals surface area contributed by atoms with Crippen LogP contribution in [0.5, 0.6) is 0 Å². The van der Waals surface area contributed by atoms with Crippen LogP contribution in [0.15, 0.2) is 47.7 Å². The number of benzene rings is 1. The number of hydrogen-bond donors (Lipinski definition) is 4. The molecule has 3 aromatic heterocycles. The van der Waals surface area contributed by atoms with Gasteiger partial charge in [-0.15, -0.1) is 0 Å². The fourth-order valence-corrected chi connectivity index (χ4v) is 4.45. The average Bonchev–Trinajstić information content (AvgIpc) is 3.27. The first kappa shape index (κ1) is 20.7. The van der Waals surface area contributed by atoms with Crippen molar-refractivity contribution in [1.82, 2.24) is 35.2 Å². The van der Waals surface area contributed by atoms with Crippen LogP contribution in [0.4, 0.5) is 0 Å². The van der Waals surface area contributed by atoms with Gasteiger partial charge in [-0.25, -0.2) is 14.5 Å². The number of H-pyrrole nitrogens is 1. The summed E-state index contributed by atoms with van der Waals surface area (Å²) in [5.41, 5.74) is 4.82. The summed E-state index contributed by atoms with van der Waals surface area (Å²) in [6.45, 7) is 3.03. The predicted molar refractivity (Wildman–Crippen MR) is 121 cm³/mol. The minimum Gasteiger partial charge on any atom is -0.391 e. The molecule has 1 aromatic carbocycles. The maximum absolute atomic E-state index is 11.8. The molecule has 0 saturated heterocycles. The van der Waals surface area contributed by atoms with E-state index >= 15 is 0 Å². The van der Waals surface area contributed by atoms with Crippen LogP contribution in [0.1, 0.15) is 36.1 Å². The van der Waals surface area contributed by atoms with Crippen molar-refractivity contribution in [3.8, 4) is 0 Å². The molecule has 0 spiro atoms. The van der Waals surface area contributed by atoms with Crippen molar-refractivity contribution < 1.29 is 5.11 Å². The highest BCUT2D eigenvalue weighted by atomic mass is 16.3. The minimum atomic E-state index is -0.422. The smallest absolute Gasteiger partial charge is 0.269 e. The van der Waals surface area contributed by atoms with Crippen molar-refractivity contribution >= 4 is 16.7 Å². The molecular formula is C23H27N7O2. The van der Waals surface area contributed by atoms with Crippen LogP contribution in [0, 0.1) is 6.92 Å². The molecule has 9 nitrogen and oxygen atoms in total. The fourth-order valence-electron chi connectivity index (χ4n) is 4.45. The van der Waals surface area contributed by atoms with Gasteiger partial charge < -0.3 is 20.7 Å². The summed E-state index contributed by atoms with van der Waals surface area (Å²) >= 11 is 0. The molecule has 1 saturated carbocycles. The Balaban J connectivity index is 1.15. The Hall–Kier alpha value is -3.14. The Bertz CT molecular complexity index is 1300. The maximum Gasteiger partial charge on any atom is 0.269 e. The van der Waals surface area contributed by atoms with Gasteiger partial charge in [0.2, 0.25) is 0 Å². The summed E-state index contributed by atoms with van der Waals surface area (Å²) in [7, 11) is 0. The molecule has 0 aliphatic heterocycles. The number of aliphatic hydroxyl groups is 1. The van der Waals surface area contributed by atoms with E-state index in [9.17, 15) is 9.90 Å². The molecule has 3 heterocycles. The first-order chi connectivity index (χ1) is 15.6. The predicted octanol–water partition coefficient (Wildman–Crippen LogP) is 1.44. The van der Waals surface area contributed by atoms with Gasteiger partial charge in [-0.2, -0.15) is 5.10 Å². The summed E-state index contributed by atoms with van der Waals surface area (Å²) in [5, 5.41) is 21.9. The molecule has 166 valence electrons. The first-order valence-corrected chi connectivity index (χ1v) is 11.0. The number of aliphatic hydroxyl groups excluding tert-OH is 1. The van der Waals surface area contributed by atoms with Gasteiger partial charge in [-0.1, -0.05) is 12.1 Å². The molecular weight excluding hydrogens is 406 g/mol. The number of nitrogens with zero attached hydrogens (tertiary/aromatic N) is 4. The lowest BCUT2D eigenvalue weighted by molar-refractivity contribution is 0.0742. The van der Waals surface area contributed by atoms with Crippen LogP contribution < -0.4 is 16.2 Å². The average molecular weight is 434 g/mol. The number of fused-ring (bicyclic) bond motifs is 2. The molecule has 5 rings (SSSR count). The van der Waals surface area contributed by atoms with E-state index in [0.29, 0.717) is 25.2 Å². The molecule has 32 heavy (non-hydrogen) atoms. The first-order valence-electron chi connectivity index (χ1n) is 11.0. The van der Waals surface area contributed by atoms with E-state index in [-0.39, 0.29) is 17.6 Å². The van der Waals surface area contributed by atoms with Crippen molar-refractivity contribution in [1.29, 1.82) is 0 Å². The van der Waals surface area contributed by atoms with Gasteiger partial charge >= 0.3 is 0 Å². The minimum absolute atomic E-state index is 0.0406. The molecule has 9 heteroatoms. The third-order valence-corrected chi connectivity index (χ3v) is 6.28. The van der Waals surface area contributed by atoms with E-state index in [4.69, 9.17) is 0 Å². The second-order valence-electron chi connectivity index (χ2n) is 8.51. The Morgan fingerprint density at radius 3 is 3.00 bits per heavy atom. The molecule has 3 atom stereocenters. The van der Waals surface area contributed by atoms with E-state index in [1.165, 1.54) is 0 Å². The maximum atomic E-state index is 11.8. The molecule has 0 radical (unpaired) electrons. The van der Waals surface area contributed by atoms with E-state index in [1.54, 1.807) is 17.8 Å². The molecule has 1 fully saturated rings. The Kier molecular flexibility index (Phi) is 5.69. The summed E-state index contributed by atoms with van der Waals surface area (Å²) in [5.74, 6) is 0. The Labute approximate surface area is 184 Å². The van der Waals surface area contributed by atoms with E-state index < -0.39 is 6.10 Å². The lowest BCUT2D eigenvalue weighted by Gasteiger charge is -2.34. The van der Waals surface area contributed by atoms with E-state index in [1.807, 2.05) is 36.5 Å². The van der Waals surface area contributed by atoms with Crippen molar-refractivity contribution in [2.24, 2.45) is 0 Å². The third-order valence-electron chi connectivity index (χ3n) is 6.28. The molecule has 4 N–H and O–H groups in total. The normalized spacial score (nSPS) is 21.4. The van der Waals surface area contributed by atoms with E-state index in [2.05, 4.69) is 30.7 Å². The highest BCUT2D eigenvalue weighted by molar-refractivity contribution is 5.74. The molecule has 1 aliphatic rings. The van der Waals surface area contributed by atoms with Gasteiger partial charge in [0.05, 0.1) is 17.1 Å². The van der Waals surface area contributed by atoms with Crippen molar-refractivity contribution in [3.05, 3.63) is 70.0 Å². The number of aryl methyl sites for hydroxylation is 1. The number of hydrogen-bond acceptors (Lipinski definition) is 7. The number of aromatic nitrogens is 5. The van der Waals surface area contributed by atoms with Crippen molar-refractivity contribution in [3.63, 3.8) is 0 Å². The SMILES string of the molecule is Cc1nc2ccc(CN[C@H]3CC[C@H](NCc4cccn5ncnc45)C[C@H]3O)cc2[nH]c1=O. The summed E-state index contributed by atoms with van der Waals surface area (Å²) < 4.78 is 1.77. The topological polar surface area (TPSA) is 120 Å². The molecule has 1 aliphatic carbocycles. The number of pyridine rings is 1. The number of nitrogens with one attached hydrogen (secondary N) is 3. The van der Waals surface area contributed by atoms with Crippen molar-refractivity contribution in [2.75, 3.05) is 0 Å². The summed E-state index contributed by atoms with van der Waals surface area (Å²) in [6.07, 6.45) is 5.59. The standard InChI is InChI=1S/C23H27N7O2/c1-14-23(32)29-20-9-15(4-6-18(20)28-14)11-25-19-7-5-17(10-21(19)31)24-12-16-3-2-8-30-22(16)26-13-27-30/h2-4,6,8-9,13,17,19,21,24-25,31H,5,7,10-12H2,1H3,(H,29,32)/t17-,19-,21+/m0/s1. The molecule has 0 bridgehead atoms. The van der Waals surface area contributed by atoms with Crippen LogP contribution in [-0.4, -0.2) is 47.9 Å². The second kappa shape index (κ2) is 8.78. The fraction of sp³-hybridized carbons (Fsp3) is 0.391. The number of aromatic amines is 1. The van der Waals surface area contributed by atoms with Crippen LogP contribution in [0.3, 0.4) is 0 Å². The molecule has 0 unspecified atom stereocenters. The van der Waals surface area contributed by atoms with Gasteiger partial charge in [0.15, 0.2) is 5.65 Å². The van der Waals surface area contributed by atoms with Gasteiger partial charge in [-0.3, -0.25) is 4.79 Å². The van der Waals surface area contributed by atoms with Gasteiger partial charge in [-0.05, 0) is 49.9 Å². The highest BCUT2D eigenvalue weighted by Gasteiger charge is 2.28. The summed E-state index contributed by atoms with van der Waals surface area (Å²) in [4.78, 5) is 23.4. The van der Waals surface area contributed by atoms with Gasteiger partial charge in [0, 0.05) is 36.9 Å².